The maximum Gasteiger partial charge on any atom is 0.384 e. The fourth-order valence-electron chi connectivity index (χ4n) is 3.12. The lowest BCUT2D eigenvalue weighted by atomic mass is 9.78. The van der Waals surface area contributed by atoms with Crippen LogP contribution in [0.15, 0.2) is 11.8 Å². The minimum atomic E-state index is -0.703. The van der Waals surface area contributed by atoms with Gasteiger partial charge < -0.3 is 4.74 Å². The second kappa shape index (κ2) is 6.36. The number of ketones is 1. The zero-order chi connectivity index (χ0) is 13.7. The van der Waals surface area contributed by atoms with Gasteiger partial charge in [-0.15, -0.1) is 0 Å². The summed E-state index contributed by atoms with van der Waals surface area (Å²) in [7, 11) is 0. The molecule has 0 N–H and O–H groups in total. The zero-order valence-corrected chi connectivity index (χ0v) is 11.9. The first-order chi connectivity index (χ1) is 9.12. The molecule has 2 aliphatic rings. The van der Waals surface area contributed by atoms with Crippen LogP contribution in [0, 0.1) is 5.41 Å². The largest absolute Gasteiger partial charge is 0.424 e. The highest BCUT2D eigenvalue weighted by molar-refractivity contribution is 6.40. The molecular weight excluding hydrogens is 240 g/mol. The van der Waals surface area contributed by atoms with E-state index in [9.17, 15) is 9.59 Å². The Morgan fingerprint density at radius 2 is 1.37 bits per heavy atom. The molecule has 1 fully saturated rings. The van der Waals surface area contributed by atoms with Crippen LogP contribution in [0.2, 0.25) is 0 Å². The summed E-state index contributed by atoms with van der Waals surface area (Å²) in [6.07, 6.45) is 13.5. The van der Waals surface area contributed by atoms with Crippen LogP contribution in [-0.2, 0) is 14.3 Å². The van der Waals surface area contributed by atoms with Crippen LogP contribution in [-0.4, -0.2) is 11.8 Å². The van der Waals surface area contributed by atoms with Crippen LogP contribution in [0.25, 0.3) is 0 Å². The molecule has 1 aliphatic carbocycles. The van der Waals surface area contributed by atoms with Crippen LogP contribution in [0.5, 0.6) is 0 Å². The molecule has 1 saturated carbocycles. The number of cyclic esters (lactones) is 1. The number of rotatable bonds is 1. The van der Waals surface area contributed by atoms with Crippen molar-refractivity contribution in [3.63, 3.8) is 0 Å². The molecule has 0 bridgehead atoms. The van der Waals surface area contributed by atoms with Crippen molar-refractivity contribution in [2.24, 2.45) is 5.41 Å². The average Bonchev–Trinajstić information content (AvgIpc) is 2.70. The van der Waals surface area contributed by atoms with Crippen molar-refractivity contribution in [3.05, 3.63) is 11.8 Å². The van der Waals surface area contributed by atoms with Crippen molar-refractivity contribution in [2.45, 2.75) is 71.1 Å². The van der Waals surface area contributed by atoms with E-state index in [-0.39, 0.29) is 5.41 Å². The van der Waals surface area contributed by atoms with Crippen molar-refractivity contribution in [2.75, 3.05) is 0 Å². The van der Waals surface area contributed by atoms with Gasteiger partial charge in [0.05, 0.1) is 0 Å². The second-order valence-corrected chi connectivity index (χ2v) is 6.15. The first kappa shape index (κ1) is 14.3. The summed E-state index contributed by atoms with van der Waals surface area (Å²) < 4.78 is 5.19. The fraction of sp³-hybridized carbons (Fsp3) is 0.750. The smallest absolute Gasteiger partial charge is 0.384 e. The van der Waals surface area contributed by atoms with E-state index in [0.29, 0.717) is 5.76 Å². The summed E-state index contributed by atoms with van der Waals surface area (Å²) in [5.41, 5.74) is -0.133. The Hall–Kier alpha value is -1.12. The van der Waals surface area contributed by atoms with E-state index in [1.54, 1.807) is 0 Å². The Morgan fingerprint density at radius 3 is 1.79 bits per heavy atom. The topological polar surface area (TPSA) is 43.4 Å². The van der Waals surface area contributed by atoms with Gasteiger partial charge >= 0.3 is 5.97 Å². The van der Waals surface area contributed by atoms with Crippen LogP contribution >= 0.6 is 0 Å². The maximum atomic E-state index is 11.4. The predicted molar refractivity (Wildman–Crippen MR) is 73.5 cm³/mol. The lowest BCUT2D eigenvalue weighted by Crippen LogP contribution is -2.21. The van der Waals surface area contributed by atoms with Crippen molar-refractivity contribution in [3.8, 4) is 0 Å². The normalized spacial score (nSPS) is 25.4. The van der Waals surface area contributed by atoms with Gasteiger partial charge in [-0.3, -0.25) is 4.79 Å². The lowest BCUT2D eigenvalue weighted by Gasteiger charge is -2.29. The number of carbonyl (C=O) groups excluding carboxylic acids is 2. The summed E-state index contributed by atoms with van der Waals surface area (Å²) in [5, 5.41) is 0. The molecule has 2 rings (SSSR count). The van der Waals surface area contributed by atoms with Crippen LogP contribution in [0.1, 0.15) is 71.1 Å². The van der Waals surface area contributed by atoms with E-state index < -0.39 is 11.8 Å². The minimum absolute atomic E-state index is 0.133. The van der Waals surface area contributed by atoms with Crippen LogP contribution in [0.3, 0.4) is 0 Å². The van der Waals surface area contributed by atoms with E-state index in [4.69, 9.17) is 4.74 Å². The Morgan fingerprint density at radius 1 is 0.895 bits per heavy atom. The molecule has 1 heterocycles. The van der Waals surface area contributed by atoms with Crippen molar-refractivity contribution in [1.82, 2.24) is 0 Å². The standard InChI is InChI=1S/C16H24O3/c1-16(14-12-13(17)15(18)19-14)10-8-6-4-2-3-5-7-9-11-16/h12H,2-11H2,1H3. The van der Waals surface area contributed by atoms with Crippen molar-refractivity contribution >= 4 is 11.8 Å². The van der Waals surface area contributed by atoms with E-state index in [2.05, 4.69) is 6.92 Å². The van der Waals surface area contributed by atoms with Gasteiger partial charge in [-0.1, -0.05) is 58.3 Å². The molecule has 0 saturated heterocycles. The van der Waals surface area contributed by atoms with E-state index >= 15 is 0 Å². The quantitative estimate of drug-likeness (QED) is 0.532. The third kappa shape index (κ3) is 3.68. The lowest BCUT2D eigenvalue weighted by molar-refractivity contribution is -0.147. The van der Waals surface area contributed by atoms with Gasteiger partial charge in [-0.05, 0) is 12.8 Å². The average molecular weight is 264 g/mol. The monoisotopic (exact) mass is 264 g/mol. The Kier molecular flexibility index (Phi) is 4.78. The molecule has 3 nitrogen and oxygen atoms in total. The number of hydrogen-bond acceptors (Lipinski definition) is 3. The molecule has 0 amide bonds. The molecule has 0 spiro atoms. The molecule has 0 unspecified atom stereocenters. The summed E-state index contributed by atoms with van der Waals surface area (Å²) in [6, 6.07) is 0. The Bertz CT molecular complexity index is 369. The van der Waals surface area contributed by atoms with Crippen molar-refractivity contribution < 1.29 is 14.3 Å². The van der Waals surface area contributed by atoms with Gasteiger partial charge in [-0.25, -0.2) is 4.79 Å². The Balaban J connectivity index is 2.06. The molecule has 0 aromatic carbocycles. The SMILES string of the molecule is CC1(C2=CC(=O)C(=O)O2)CCCCCCCCCC1. The molecule has 0 aromatic rings. The summed E-state index contributed by atoms with van der Waals surface area (Å²) in [4.78, 5) is 22.6. The molecule has 0 aromatic heterocycles. The summed E-state index contributed by atoms with van der Waals surface area (Å²) in [6.45, 7) is 2.14. The molecular formula is C16H24O3. The van der Waals surface area contributed by atoms with Gasteiger partial charge in [0, 0.05) is 11.5 Å². The van der Waals surface area contributed by atoms with E-state index in [1.165, 1.54) is 44.6 Å². The third-order valence-corrected chi connectivity index (χ3v) is 4.47. The highest BCUT2D eigenvalue weighted by Crippen LogP contribution is 2.41. The third-order valence-electron chi connectivity index (χ3n) is 4.47. The van der Waals surface area contributed by atoms with Gasteiger partial charge in [-0.2, -0.15) is 0 Å². The molecule has 19 heavy (non-hydrogen) atoms. The molecule has 1 aliphatic heterocycles. The number of allylic oxidation sites excluding steroid dienone is 1. The first-order valence-corrected chi connectivity index (χ1v) is 7.60. The summed E-state index contributed by atoms with van der Waals surface area (Å²) >= 11 is 0. The maximum absolute atomic E-state index is 11.4. The minimum Gasteiger partial charge on any atom is -0.424 e. The highest BCUT2D eigenvalue weighted by atomic mass is 16.5. The summed E-state index contributed by atoms with van der Waals surface area (Å²) in [5.74, 6) is -0.585. The van der Waals surface area contributed by atoms with Gasteiger partial charge in [0.1, 0.15) is 5.76 Å². The zero-order valence-electron chi connectivity index (χ0n) is 11.9. The first-order valence-electron chi connectivity index (χ1n) is 7.60. The van der Waals surface area contributed by atoms with Crippen molar-refractivity contribution in [1.29, 1.82) is 0 Å². The van der Waals surface area contributed by atoms with E-state index in [0.717, 1.165) is 25.7 Å². The van der Waals surface area contributed by atoms with Crippen LogP contribution < -0.4 is 0 Å². The number of carbonyl (C=O) groups is 2. The molecule has 3 heteroatoms. The van der Waals surface area contributed by atoms with Crippen LogP contribution in [0.4, 0.5) is 0 Å². The molecule has 106 valence electrons. The number of esters is 1. The van der Waals surface area contributed by atoms with Gasteiger partial charge in [0.25, 0.3) is 5.78 Å². The molecule has 0 radical (unpaired) electrons. The second-order valence-electron chi connectivity index (χ2n) is 6.15. The van der Waals surface area contributed by atoms with E-state index in [1.807, 2.05) is 0 Å². The highest BCUT2D eigenvalue weighted by Gasteiger charge is 2.37. The number of ether oxygens (including phenoxy) is 1. The van der Waals surface area contributed by atoms with Gasteiger partial charge in [0.2, 0.25) is 0 Å². The number of hydrogen-bond donors (Lipinski definition) is 0. The Labute approximate surface area is 115 Å². The fourth-order valence-corrected chi connectivity index (χ4v) is 3.12. The predicted octanol–water partition coefficient (Wildman–Crippen LogP) is 3.92. The van der Waals surface area contributed by atoms with Gasteiger partial charge in [0.15, 0.2) is 0 Å². The molecule has 0 atom stereocenters.